The van der Waals surface area contributed by atoms with Gasteiger partial charge < -0.3 is 19.9 Å². The summed E-state index contributed by atoms with van der Waals surface area (Å²) in [4.78, 5) is 22.2. The summed E-state index contributed by atoms with van der Waals surface area (Å²) in [6.45, 7) is 6.91. The molecule has 0 bridgehead atoms. The minimum atomic E-state index is -0.899. The number of carbonyl (C=O) groups excluding carboxylic acids is 1. The molecule has 1 fully saturated rings. The van der Waals surface area contributed by atoms with Crippen LogP contribution in [0.25, 0.3) is 0 Å². The van der Waals surface area contributed by atoms with Gasteiger partial charge in [0.05, 0.1) is 11.4 Å². The number of aliphatic hydroxyl groups excluding tert-OH is 1. The van der Waals surface area contributed by atoms with E-state index < -0.39 is 22.7 Å². The molecule has 0 radical (unpaired) electrons. The zero-order valence-corrected chi connectivity index (χ0v) is 12.3. The van der Waals surface area contributed by atoms with Gasteiger partial charge in [0.1, 0.15) is 6.10 Å². The molecule has 1 amide bonds. The van der Waals surface area contributed by atoms with E-state index in [4.69, 9.17) is 9.47 Å². The lowest BCUT2D eigenvalue weighted by molar-refractivity contribution is -0.157. The van der Waals surface area contributed by atoms with Crippen LogP contribution in [0.15, 0.2) is 4.58 Å². The molecule has 0 saturated carbocycles. The number of rotatable bonds is 6. The number of nitrogens with one attached hydrogen (secondary N) is 1. The van der Waals surface area contributed by atoms with E-state index in [2.05, 4.69) is 9.90 Å². The van der Waals surface area contributed by atoms with Gasteiger partial charge >= 0.3 is 0 Å². The Balaban J connectivity index is 2.56. The fraction of sp³-hybridized carbons (Fsp3) is 0.909. The standard InChI is InChI=1S/C11H20N2O5S/c1-10(2,19-13-16)6-12-9(15)8-7(5-14)17-11(3,4)18-8/h7-8,14H,5-6H2,1-4H3,(H,12,15)/t7-,8-/m1/s1. The Morgan fingerprint density at radius 1 is 1.47 bits per heavy atom. The van der Waals surface area contributed by atoms with Crippen molar-refractivity contribution in [3.8, 4) is 0 Å². The number of ether oxygens (including phenoxy) is 2. The highest BCUT2D eigenvalue weighted by Crippen LogP contribution is 2.28. The summed E-state index contributed by atoms with van der Waals surface area (Å²) in [7, 11) is 0. The second-order valence-corrected chi connectivity index (χ2v) is 6.86. The normalized spacial score (nSPS) is 26.2. The minimum Gasteiger partial charge on any atom is -0.394 e. The molecule has 19 heavy (non-hydrogen) atoms. The molecule has 7 nitrogen and oxygen atoms in total. The third-order valence-corrected chi connectivity index (χ3v) is 3.31. The smallest absolute Gasteiger partial charge is 0.252 e. The average Bonchev–Trinajstić information content (AvgIpc) is 2.61. The van der Waals surface area contributed by atoms with Crippen LogP contribution in [-0.4, -0.2) is 46.9 Å². The van der Waals surface area contributed by atoms with Crippen LogP contribution in [0.2, 0.25) is 0 Å². The van der Waals surface area contributed by atoms with Crippen molar-refractivity contribution < 1.29 is 19.4 Å². The molecule has 110 valence electrons. The third kappa shape index (κ3) is 4.72. The topological polar surface area (TPSA) is 97.2 Å². The van der Waals surface area contributed by atoms with Crippen LogP contribution in [-0.2, 0) is 14.3 Å². The van der Waals surface area contributed by atoms with Gasteiger partial charge in [-0.1, -0.05) is 0 Å². The molecule has 2 N–H and O–H groups in total. The monoisotopic (exact) mass is 292 g/mol. The molecule has 0 aromatic heterocycles. The first-order valence-electron chi connectivity index (χ1n) is 5.96. The fourth-order valence-electron chi connectivity index (χ4n) is 1.72. The first-order valence-corrected chi connectivity index (χ1v) is 6.73. The van der Waals surface area contributed by atoms with Crippen LogP contribution in [0, 0.1) is 4.91 Å². The Hall–Kier alpha value is -0.700. The van der Waals surface area contributed by atoms with Crippen molar-refractivity contribution in [3.05, 3.63) is 4.91 Å². The third-order valence-electron chi connectivity index (χ3n) is 2.59. The number of carbonyl (C=O) groups is 1. The maximum Gasteiger partial charge on any atom is 0.252 e. The Bertz CT molecular complexity index is 348. The van der Waals surface area contributed by atoms with Gasteiger partial charge in [0.25, 0.3) is 5.91 Å². The Morgan fingerprint density at radius 3 is 2.63 bits per heavy atom. The molecule has 1 heterocycles. The van der Waals surface area contributed by atoms with E-state index in [0.717, 1.165) is 11.9 Å². The van der Waals surface area contributed by atoms with Gasteiger partial charge in [-0.3, -0.25) is 4.79 Å². The lowest BCUT2D eigenvalue weighted by Gasteiger charge is -2.22. The number of nitroso groups, excluding NO2 is 1. The summed E-state index contributed by atoms with van der Waals surface area (Å²) >= 11 is 0.858. The van der Waals surface area contributed by atoms with Crippen molar-refractivity contribution in [2.45, 2.75) is 50.4 Å². The number of nitrogens with zero attached hydrogens (tertiary/aromatic N) is 1. The van der Waals surface area contributed by atoms with Crippen LogP contribution < -0.4 is 5.32 Å². The first-order chi connectivity index (χ1) is 8.71. The van der Waals surface area contributed by atoms with Crippen molar-refractivity contribution in [2.24, 2.45) is 4.58 Å². The van der Waals surface area contributed by atoms with Crippen LogP contribution in [0.3, 0.4) is 0 Å². The molecule has 0 aliphatic carbocycles. The van der Waals surface area contributed by atoms with Gasteiger partial charge in [-0.05, 0) is 27.7 Å². The lowest BCUT2D eigenvalue weighted by atomic mass is 10.1. The highest BCUT2D eigenvalue weighted by molar-refractivity contribution is 7.99. The van der Waals surface area contributed by atoms with E-state index in [1.165, 1.54) is 0 Å². The SMILES string of the molecule is CC1(C)O[C@H](CO)[C@H](C(=O)NCC(C)(C)SN=O)O1. The molecule has 1 saturated heterocycles. The number of hydrogen-bond acceptors (Lipinski definition) is 7. The molecule has 2 atom stereocenters. The van der Waals surface area contributed by atoms with Crippen LogP contribution in [0.1, 0.15) is 27.7 Å². The van der Waals surface area contributed by atoms with E-state index in [0.29, 0.717) is 0 Å². The van der Waals surface area contributed by atoms with Crippen LogP contribution in [0.4, 0.5) is 0 Å². The van der Waals surface area contributed by atoms with Gasteiger partial charge in [-0.15, -0.1) is 4.91 Å². The van der Waals surface area contributed by atoms with Gasteiger partial charge in [0, 0.05) is 23.1 Å². The predicted octanol–water partition coefficient (Wildman–Crippen LogP) is 0.808. The number of amides is 1. The summed E-state index contributed by atoms with van der Waals surface area (Å²) < 4.78 is 13.1. The first kappa shape index (κ1) is 16.4. The maximum absolute atomic E-state index is 12.0. The van der Waals surface area contributed by atoms with E-state index >= 15 is 0 Å². The molecule has 1 rings (SSSR count). The van der Waals surface area contributed by atoms with Crippen molar-refractivity contribution in [2.75, 3.05) is 13.2 Å². The van der Waals surface area contributed by atoms with Crippen LogP contribution >= 0.6 is 11.9 Å². The number of hydrogen-bond donors (Lipinski definition) is 2. The molecular formula is C11H20N2O5S. The van der Waals surface area contributed by atoms with E-state index in [1.807, 2.05) is 0 Å². The summed E-state index contributed by atoms with van der Waals surface area (Å²) in [5.74, 6) is -1.27. The van der Waals surface area contributed by atoms with Crippen molar-refractivity contribution in [1.29, 1.82) is 0 Å². The Kier molecular flexibility index (Phi) is 5.31. The Labute approximate surface area is 116 Å². The Morgan fingerprint density at radius 2 is 2.11 bits per heavy atom. The molecule has 0 spiro atoms. The van der Waals surface area contributed by atoms with Gasteiger partial charge in [0.2, 0.25) is 0 Å². The summed E-state index contributed by atoms with van der Waals surface area (Å²) in [6.07, 6.45) is -1.54. The summed E-state index contributed by atoms with van der Waals surface area (Å²) in [5.41, 5.74) is 0. The second-order valence-electron chi connectivity index (χ2n) is 5.42. The molecule has 1 aliphatic rings. The minimum absolute atomic E-state index is 0.265. The van der Waals surface area contributed by atoms with E-state index in [-0.39, 0.29) is 19.1 Å². The largest absolute Gasteiger partial charge is 0.394 e. The predicted molar refractivity (Wildman–Crippen MR) is 71.4 cm³/mol. The van der Waals surface area contributed by atoms with E-state index in [1.54, 1.807) is 27.7 Å². The average molecular weight is 292 g/mol. The lowest BCUT2D eigenvalue weighted by Crippen LogP contribution is -2.46. The highest BCUT2D eigenvalue weighted by atomic mass is 32.2. The highest BCUT2D eigenvalue weighted by Gasteiger charge is 2.45. The van der Waals surface area contributed by atoms with Crippen LogP contribution in [0.5, 0.6) is 0 Å². The zero-order valence-electron chi connectivity index (χ0n) is 11.5. The molecule has 8 heteroatoms. The van der Waals surface area contributed by atoms with Crippen molar-refractivity contribution in [3.63, 3.8) is 0 Å². The van der Waals surface area contributed by atoms with Crippen molar-refractivity contribution in [1.82, 2.24) is 5.32 Å². The molecule has 1 aliphatic heterocycles. The quantitative estimate of drug-likeness (QED) is 0.555. The molecule has 0 aromatic rings. The summed E-state index contributed by atoms with van der Waals surface area (Å²) in [6, 6.07) is 0. The maximum atomic E-state index is 12.0. The second kappa shape index (κ2) is 6.17. The summed E-state index contributed by atoms with van der Waals surface area (Å²) in [5, 5.41) is 11.9. The fourth-order valence-corrected chi connectivity index (χ4v) is 2.06. The van der Waals surface area contributed by atoms with Gasteiger partial charge in [-0.2, -0.15) is 0 Å². The molecular weight excluding hydrogens is 272 g/mol. The number of aliphatic hydroxyl groups is 1. The van der Waals surface area contributed by atoms with Gasteiger partial charge in [-0.25, -0.2) is 0 Å². The van der Waals surface area contributed by atoms with Gasteiger partial charge in [0.15, 0.2) is 11.9 Å². The van der Waals surface area contributed by atoms with E-state index in [9.17, 15) is 14.8 Å². The van der Waals surface area contributed by atoms with Crippen molar-refractivity contribution >= 4 is 17.9 Å². The molecule has 0 aromatic carbocycles. The zero-order chi connectivity index (χ0) is 14.7. The molecule has 0 unspecified atom stereocenters.